The molecular weight excluding hydrogens is 397 g/mol. The monoisotopic (exact) mass is 408 g/mol. The Kier molecular flexibility index (Phi) is 393. The second-order valence-electron chi connectivity index (χ2n) is 0. The Morgan fingerprint density at radius 3 is 0.286 bits per heavy atom. The molecule has 7 heavy (non-hydrogen) atoms. The SMILES string of the molecule is [GaH3].[GaH3].[GaH3].[GaH3].[GaH3].[Mg].[Mg]. The van der Waals surface area contributed by atoms with Crippen molar-refractivity contribution < 1.29 is 0 Å². The number of hydrogen-bond acceptors (Lipinski definition) is 0. The molecule has 4 radical (unpaired) electrons. The van der Waals surface area contributed by atoms with Gasteiger partial charge in [0, 0.05) is 46.1 Å². The second-order valence-corrected chi connectivity index (χ2v) is 0. The van der Waals surface area contributed by atoms with Gasteiger partial charge in [-0.3, -0.25) is 0 Å². The largest absolute Gasteiger partial charge is 0 e. The summed E-state index contributed by atoms with van der Waals surface area (Å²) in [6, 6.07) is 0. The fourth-order valence-corrected chi connectivity index (χ4v) is 0. The van der Waals surface area contributed by atoms with Gasteiger partial charge < -0.3 is 0 Å². The van der Waals surface area contributed by atoms with Crippen molar-refractivity contribution in [2.24, 2.45) is 0 Å². The van der Waals surface area contributed by atoms with Crippen molar-refractivity contribution in [1.29, 1.82) is 0 Å². The van der Waals surface area contributed by atoms with E-state index in [2.05, 4.69) is 0 Å². The van der Waals surface area contributed by atoms with Crippen LogP contribution in [0.5, 0.6) is 0 Å². The molecule has 0 rings (SSSR count). The van der Waals surface area contributed by atoms with Gasteiger partial charge in [-0.2, -0.15) is 0 Å². The van der Waals surface area contributed by atoms with E-state index in [1.165, 1.54) is 0 Å². The van der Waals surface area contributed by atoms with Gasteiger partial charge in [0.2, 0.25) is 0 Å². The Bertz CT molecular complexity index is 6.04. The minimum atomic E-state index is 0. The first-order valence-electron chi connectivity index (χ1n) is 0. The molecule has 0 heterocycles. The fourth-order valence-electron chi connectivity index (χ4n) is 0. The molecule has 0 fully saturated rings. The molecule has 0 bridgehead atoms. The van der Waals surface area contributed by atoms with Crippen LogP contribution in [0.2, 0.25) is 0 Å². The van der Waals surface area contributed by atoms with Gasteiger partial charge >= 0.3 is 99.0 Å². The molecule has 0 aliphatic carbocycles. The van der Waals surface area contributed by atoms with E-state index in [0.717, 1.165) is 0 Å². The first-order valence-corrected chi connectivity index (χ1v) is 0. The zero-order valence-electron chi connectivity index (χ0n) is 1.41. The summed E-state index contributed by atoms with van der Waals surface area (Å²) >= 11 is 0. The Morgan fingerprint density at radius 2 is 0.286 bits per heavy atom. The molecule has 7 heteroatoms. The molecule has 0 aliphatic heterocycles. The maximum Gasteiger partial charge on any atom is 0 e. The van der Waals surface area contributed by atoms with Gasteiger partial charge in [0.25, 0.3) is 0 Å². The molecule has 0 saturated carbocycles. The molecular formula is H15Ga5Mg2. The van der Waals surface area contributed by atoms with Crippen molar-refractivity contribution in [2.45, 2.75) is 0 Å². The smallest absolute Gasteiger partial charge is 0 e. The average molecular weight is 412 g/mol. The van der Waals surface area contributed by atoms with Crippen molar-refractivity contribution in [3.63, 3.8) is 0 Å². The first-order chi connectivity index (χ1) is 0. The van der Waals surface area contributed by atoms with Crippen LogP contribution in [0, 0.1) is 0 Å². The molecule has 0 N–H and O–H groups in total. The van der Waals surface area contributed by atoms with Crippen LogP contribution in [-0.4, -0.2) is 145 Å². The van der Waals surface area contributed by atoms with Gasteiger partial charge in [-0.15, -0.1) is 0 Å². The van der Waals surface area contributed by atoms with Crippen LogP contribution in [0.3, 0.4) is 0 Å². The molecule has 0 unspecified atom stereocenters. The van der Waals surface area contributed by atoms with Crippen LogP contribution in [0.1, 0.15) is 0 Å². The standard InChI is InChI=1S/5Ga.2Mg.15H. The van der Waals surface area contributed by atoms with E-state index >= 15 is 0 Å². The third-order valence-electron chi connectivity index (χ3n) is 0. The fraction of sp³-hybridized carbons (Fsp3) is 0. The van der Waals surface area contributed by atoms with Crippen LogP contribution < -0.4 is 0 Å². The minimum Gasteiger partial charge on any atom is 0 e. The Morgan fingerprint density at radius 1 is 0.286 bits per heavy atom. The molecule has 0 amide bonds. The van der Waals surface area contributed by atoms with Crippen molar-refractivity contribution in [3.05, 3.63) is 0 Å². The molecule has 0 aromatic rings. The number of hydrogen-bond donors (Lipinski definition) is 0. The predicted molar refractivity (Wildman–Crippen MR) is 61.2 cm³/mol. The molecule has 0 nitrogen and oxygen atoms in total. The van der Waals surface area contributed by atoms with E-state index < -0.39 is 0 Å². The maximum absolute atomic E-state index is 0. The summed E-state index contributed by atoms with van der Waals surface area (Å²) < 4.78 is 0. The average Bonchev–Trinajstić information content (AvgIpc) is 0. The van der Waals surface area contributed by atoms with Crippen LogP contribution in [-0.2, 0) is 0 Å². The summed E-state index contributed by atoms with van der Waals surface area (Å²) in [6.07, 6.45) is 0. The Labute approximate surface area is 142 Å². The van der Waals surface area contributed by atoms with Crippen molar-refractivity contribution in [1.82, 2.24) is 0 Å². The predicted octanol–water partition coefficient (Wildman–Crippen LogP) is -6.68. The van der Waals surface area contributed by atoms with E-state index in [1.807, 2.05) is 0 Å². The summed E-state index contributed by atoms with van der Waals surface area (Å²) in [4.78, 5) is 0. The van der Waals surface area contributed by atoms with Crippen LogP contribution in [0.4, 0.5) is 0 Å². The van der Waals surface area contributed by atoms with Gasteiger partial charge in [-0.1, -0.05) is 0 Å². The molecule has 0 aliphatic rings. The zero-order chi connectivity index (χ0) is 0. The van der Waals surface area contributed by atoms with Crippen LogP contribution in [0.25, 0.3) is 0 Å². The van der Waals surface area contributed by atoms with Crippen molar-refractivity contribution in [2.75, 3.05) is 0 Å². The molecule has 0 spiro atoms. The molecule has 34 valence electrons. The zero-order valence-corrected chi connectivity index (χ0v) is 4.24. The van der Waals surface area contributed by atoms with Gasteiger partial charge in [0.05, 0.1) is 0 Å². The third-order valence-corrected chi connectivity index (χ3v) is 0. The summed E-state index contributed by atoms with van der Waals surface area (Å²) in [6.45, 7) is 0. The summed E-state index contributed by atoms with van der Waals surface area (Å²) in [7, 11) is 0. The van der Waals surface area contributed by atoms with Crippen LogP contribution >= 0.6 is 0 Å². The summed E-state index contributed by atoms with van der Waals surface area (Å²) in [5, 5.41) is 0. The van der Waals surface area contributed by atoms with E-state index in [9.17, 15) is 0 Å². The molecule has 0 aromatic heterocycles. The Balaban J connectivity index is 0. The summed E-state index contributed by atoms with van der Waals surface area (Å²) in [5.41, 5.74) is 0. The maximum atomic E-state index is 0. The van der Waals surface area contributed by atoms with E-state index in [1.54, 1.807) is 0 Å². The van der Waals surface area contributed by atoms with E-state index in [0.29, 0.717) is 0 Å². The van der Waals surface area contributed by atoms with Crippen molar-refractivity contribution in [3.8, 4) is 0 Å². The molecule has 0 saturated heterocycles. The minimum absolute atomic E-state index is 0. The summed E-state index contributed by atoms with van der Waals surface area (Å²) in [5.74, 6) is 0. The molecule has 0 aromatic carbocycles. The van der Waals surface area contributed by atoms with E-state index in [4.69, 9.17) is 0 Å². The normalized spacial score (nSPS) is 0. The second kappa shape index (κ2) is 45.5. The van der Waals surface area contributed by atoms with Gasteiger partial charge in [-0.25, -0.2) is 0 Å². The topological polar surface area (TPSA) is 0 Å². The van der Waals surface area contributed by atoms with Crippen molar-refractivity contribution >= 4 is 145 Å². The first kappa shape index (κ1) is 60.5. The third kappa shape index (κ3) is 36.6. The van der Waals surface area contributed by atoms with Crippen LogP contribution in [0.15, 0.2) is 0 Å². The molecule has 0 atom stereocenters. The quantitative estimate of drug-likeness (QED) is 0.347. The van der Waals surface area contributed by atoms with Gasteiger partial charge in [0.1, 0.15) is 0 Å². The van der Waals surface area contributed by atoms with Gasteiger partial charge in [0.15, 0.2) is 0 Å². The van der Waals surface area contributed by atoms with E-state index in [-0.39, 0.29) is 145 Å². The Hall–Kier alpha value is 4.71. The number of rotatable bonds is 0. The van der Waals surface area contributed by atoms with Gasteiger partial charge in [-0.05, 0) is 0 Å².